The summed E-state index contributed by atoms with van der Waals surface area (Å²) in [7, 11) is 0. The molecule has 1 aliphatic heterocycles. The third-order valence-corrected chi connectivity index (χ3v) is 6.14. The SMILES string of the molecule is CCCNC1CCCC1CN1CCCC1C1CCCC1. The van der Waals surface area contributed by atoms with E-state index in [0.29, 0.717) is 0 Å². The van der Waals surface area contributed by atoms with Gasteiger partial charge >= 0.3 is 0 Å². The Balaban J connectivity index is 1.52. The lowest BCUT2D eigenvalue weighted by molar-refractivity contribution is 0.155. The number of nitrogens with one attached hydrogen (secondary N) is 1. The van der Waals surface area contributed by atoms with E-state index in [9.17, 15) is 0 Å². The summed E-state index contributed by atoms with van der Waals surface area (Å²) in [5.74, 6) is 1.98. The largest absolute Gasteiger partial charge is 0.314 e. The first-order chi connectivity index (χ1) is 9.88. The van der Waals surface area contributed by atoms with Gasteiger partial charge in [0, 0.05) is 18.6 Å². The molecule has 0 aromatic rings. The van der Waals surface area contributed by atoms with E-state index in [1.807, 2.05) is 0 Å². The highest BCUT2D eigenvalue weighted by Gasteiger charge is 2.36. The number of rotatable bonds is 6. The standard InChI is InChI=1S/C18H34N2/c1-2-12-19-17-10-5-9-16(17)14-20-13-6-11-18(20)15-7-3-4-8-15/h15-19H,2-14H2,1H3. The Bertz CT molecular complexity index is 285. The Morgan fingerprint density at radius 1 is 0.950 bits per heavy atom. The quantitative estimate of drug-likeness (QED) is 0.795. The molecule has 0 aromatic carbocycles. The summed E-state index contributed by atoms with van der Waals surface area (Å²) in [6, 6.07) is 1.77. The number of hydrogen-bond acceptors (Lipinski definition) is 2. The fourth-order valence-corrected chi connectivity index (χ4v) is 5.11. The highest BCUT2D eigenvalue weighted by atomic mass is 15.2. The van der Waals surface area contributed by atoms with E-state index in [0.717, 1.165) is 23.9 Å². The Hall–Kier alpha value is -0.0800. The van der Waals surface area contributed by atoms with E-state index < -0.39 is 0 Å². The fraction of sp³-hybridized carbons (Fsp3) is 1.00. The first kappa shape index (κ1) is 14.8. The van der Waals surface area contributed by atoms with Crippen molar-refractivity contribution in [2.75, 3.05) is 19.6 Å². The molecule has 2 nitrogen and oxygen atoms in total. The van der Waals surface area contributed by atoms with E-state index in [1.54, 1.807) is 0 Å². The maximum atomic E-state index is 3.81. The zero-order chi connectivity index (χ0) is 13.8. The molecule has 2 heteroatoms. The Morgan fingerprint density at radius 3 is 2.60 bits per heavy atom. The molecule has 3 fully saturated rings. The molecule has 0 aromatic heterocycles. The van der Waals surface area contributed by atoms with Gasteiger partial charge in [-0.2, -0.15) is 0 Å². The average Bonchev–Trinajstić information content (AvgIpc) is 3.18. The van der Waals surface area contributed by atoms with Crippen LogP contribution in [0.25, 0.3) is 0 Å². The van der Waals surface area contributed by atoms with Crippen LogP contribution in [0.4, 0.5) is 0 Å². The van der Waals surface area contributed by atoms with Crippen LogP contribution in [-0.4, -0.2) is 36.6 Å². The van der Waals surface area contributed by atoms with Gasteiger partial charge in [-0.25, -0.2) is 0 Å². The zero-order valence-electron chi connectivity index (χ0n) is 13.4. The van der Waals surface area contributed by atoms with Gasteiger partial charge in [-0.15, -0.1) is 0 Å². The molecule has 3 rings (SSSR count). The molecule has 2 saturated carbocycles. The molecular weight excluding hydrogens is 244 g/mol. The van der Waals surface area contributed by atoms with E-state index in [2.05, 4.69) is 17.1 Å². The van der Waals surface area contributed by atoms with Gasteiger partial charge in [0.1, 0.15) is 0 Å². The van der Waals surface area contributed by atoms with Crippen LogP contribution in [0.1, 0.15) is 71.1 Å². The topological polar surface area (TPSA) is 15.3 Å². The normalized spacial score (nSPS) is 36.1. The van der Waals surface area contributed by atoms with Crippen molar-refractivity contribution in [2.45, 2.75) is 83.2 Å². The summed E-state index contributed by atoms with van der Waals surface area (Å²) in [6.45, 7) is 6.28. The third-order valence-electron chi connectivity index (χ3n) is 6.14. The van der Waals surface area contributed by atoms with E-state index >= 15 is 0 Å². The van der Waals surface area contributed by atoms with Crippen LogP contribution in [-0.2, 0) is 0 Å². The van der Waals surface area contributed by atoms with Gasteiger partial charge in [0.25, 0.3) is 0 Å². The van der Waals surface area contributed by atoms with Crippen LogP contribution in [0.5, 0.6) is 0 Å². The second kappa shape index (κ2) is 7.26. The lowest BCUT2D eigenvalue weighted by atomic mass is 9.94. The van der Waals surface area contributed by atoms with Gasteiger partial charge in [-0.05, 0) is 69.9 Å². The van der Waals surface area contributed by atoms with Crippen molar-refractivity contribution in [1.29, 1.82) is 0 Å². The maximum absolute atomic E-state index is 3.81. The molecule has 0 radical (unpaired) electrons. The number of likely N-dealkylation sites (tertiary alicyclic amines) is 1. The third kappa shape index (κ3) is 3.39. The number of nitrogens with zero attached hydrogens (tertiary/aromatic N) is 1. The molecule has 3 atom stereocenters. The molecule has 20 heavy (non-hydrogen) atoms. The van der Waals surface area contributed by atoms with E-state index in [1.165, 1.54) is 83.8 Å². The molecule has 1 N–H and O–H groups in total. The van der Waals surface area contributed by atoms with Crippen LogP contribution in [0.15, 0.2) is 0 Å². The monoisotopic (exact) mass is 278 g/mol. The van der Waals surface area contributed by atoms with Gasteiger partial charge in [0.05, 0.1) is 0 Å². The van der Waals surface area contributed by atoms with E-state index in [-0.39, 0.29) is 0 Å². The predicted octanol–water partition coefficient (Wildman–Crippen LogP) is 3.81. The van der Waals surface area contributed by atoms with Crippen LogP contribution in [0.2, 0.25) is 0 Å². The summed E-state index contributed by atoms with van der Waals surface area (Å²) in [6.07, 6.45) is 14.6. The molecule has 0 amide bonds. The fourth-order valence-electron chi connectivity index (χ4n) is 5.11. The summed E-state index contributed by atoms with van der Waals surface area (Å²) in [5.41, 5.74) is 0. The van der Waals surface area contributed by atoms with Gasteiger partial charge in [0.15, 0.2) is 0 Å². The van der Waals surface area contributed by atoms with Crippen molar-refractivity contribution in [3.63, 3.8) is 0 Å². The zero-order valence-corrected chi connectivity index (χ0v) is 13.4. The van der Waals surface area contributed by atoms with Crippen molar-refractivity contribution >= 4 is 0 Å². The van der Waals surface area contributed by atoms with Crippen LogP contribution < -0.4 is 5.32 Å². The molecule has 2 aliphatic carbocycles. The summed E-state index contributed by atoms with van der Waals surface area (Å²) < 4.78 is 0. The summed E-state index contributed by atoms with van der Waals surface area (Å²) in [5, 5.41) is 3.81. The predicted molar refractivity (Wildman–Crippen MR) is 86.0 cm³/mol. The number of hydrogen-bond donors (Lipinski definition) is 1. The molecule has 1 saturated heterocycles. The smallest absolute Gasteiger partial charge is 0.0124 e. The molecule has 3 aliphatic rings. The maximum Gasteiger partial charge on any atom is 0.0124 e. The molecule has 116 valence electrons. The summed E-state index contributed by atoms with van der Waals surface area (Å²) >= 11 is 0. The van der Waals surface area contributed by atoms with Crippen LogP contribution >= 0.6 is 0 Å². The minimum Gasteiger partial charge on any atom is -0.314 e. The molecule has 3 unspecified atom stereocenters. The van der Waals surface area contributed by atoms with Gasteiger partial charge < -0.3 is 5.32 Å². The van der Waals surface area contributed by atoms with Crippen molar-refractivity contribution in [2.24, 2.45) is 11.8 Å². The minimum atomic E-state index is 0.819. The van der Waals surface area contributed by atoms with Crippen molar-refractivity contribution in [3.05, 3.63) is 0 Å². The Morgan fingerprint density at radius 2 is 1.80 bits per heavy atom. The summed E-state index contributed by atoms with van der Waals surface area (Å²) in [4.78, 5) is 2.90. The molecule has 0 spiro atoms. The Kier molecular flexibility index (Phi) is 5.39. The van der Waals surface area contributed by atoms with E-state index in [4.69, 9.17) is 0 Å². The average molecular weight is 278 g/mol. The first-order valence-corrected chi connectivity index (χ1v) is 9.36. The lowest BCUT2D eigenvalue weighted by Gasteiger charge is -2.33. The molecule has 0 bridgehead atoms. The lowest BCUT2D eigenvalue weighted by Crippen LogP contribution is -2.43. The van der Waals surface area contributed by atoms with Crippen molar-refractivity contribution < 1.29 is 0 Å². The van der Waals surface area contributed by atoms with Gasteiger partial charge in [-0.3, -0.25) is 4.90 Å². The first-order valence-electron chi connectivity index (χ1n) is 9.36. The van der Waals surface area contributed by atoms with Gasteiger partial charge in [0.2, 0.25) is 0 Å². The van der Waals surface area contributed by atoms with Crippen molar-refractivity contribution in [1.82, 2.24) is 10.2 Å². The minimum absolute atomic E-state index is 0.819. The molecular formula is C18H34N2. The van der Waals surface area contributed by atoms with Crippen LogP contribution in [0, 0.1) is 11.8 Å². The molecule has 1 heterocycles. The second-order valence-electron chi connectivity index (χ2n) is 7.50. The van der Waals surface area contributed by atoms with Crippen molar-refractivity contribution in [3.8, 4) is 0 Å². The highest BCUT2D eigenvalue weighted by molar-refractivity contribution is 4.92. The highest BCUT2D eigenvalue weighted by Crippen LogP contribution is 2.37. The van der Waals surface area contributed by atoms with Crippen LogP contribution in [0.3, 0.4) is 0 Å². The van der Waals surface area contributed by atoms with Gasteiger partial charge in [-0.1, -0.05) is 26.2 Å². The second-order valence-corrected chi connectivity index (χ2v) is 7.50. The Labute approximate surface area is 125 Å².